The van der Waals surface area contributed by atoms with Gasteiger partial charge in [0.1, 0.15) is 0 Å². The minimum absolute atomic E-state index is 0.0981. The van der Waals surface area contributed by atoms with Gasteiger partial charge in [-0.15, -0.1) is 0 Å². The molecule has 4 nitrogen and oxygen atoms in total. The van der Waals surface area contributed by atoms with Gasteiger partial charge in [-0.2, -0.15) is 0 Å². The van der Waals surface area contributed by atoms with E-state index in [0.717, 1.165) is 19.3 Å². The molecule has 4 heteroatoms. The highest BCUT2D eigenvalue weighted by atomic mass is 16.2. The number of rotatable bonds is 7. The van der Waals surface area contributed by atoms with Crippen LogP contribution in [0.1, 0.15) is 48.0 Å². The molecular weight excluding hydrogens is 324 g/mol. The van der Waals surface area contributed by atoms with E-state index in [1.807, 2.05) is 36.4 Å². The van der Waals surface area contributed by atoms with E-state index >= 15 is 0 Å². The van der Waals surface area contributed by atoms with Gasteiger partial charge in [0, 0.05) is 25.4 Å². The molecule has 2 aromatic carbocycles. The van der Waals surface area contributed by atoms with E-state index in [4.69, 9.17) is 0 Å². The topological polar surface area (TPSA) is 49.4 Å². The van der Waals surface area contributed by atoms with Gasteiger partial charge in [-0.05, 0) is 37.0 Å². The molecular formula is C22H26N2O2. The molecule has 1 aliphatic carbocycles. The molecule has 1 aliphatic rings. The average Bonchev–Trinajstić information content (AvgIpc) is 3.53. The van der Waals surface area contributed by atoms with E-state index < -0.39 is 0 Å². The fourth-order valence-corrected chi connectivity index (χ4v) is 3.22. The van der Waals surface area contributed by atoms with Crippen LogP contribution < -0.4 is 10.2 Å². The van der Waals surface area contributed by atoms with Crippen LogP contribution in [0, 0.1) is 5.92 Å². The Morgan fingerprint density at radius 2 is 1.73 bits per heavy atom. The van der Waals surface area contributed by atoms with Crippen LogP contribution in [0.15, 0.2) is 54.6 Å². The summed E-state index contributed by atoms with van der Waals surface area (Å²) in [5, 5.41) is 3.05. The Morgan fingerprint density at radius 3 is 2.38 bits per heavy atom. The van der Waals surface area contributed by atoms with E-state index in [1.165, 1.54) is 5.56 Å². The Hall–Kier alpha value is -2.62. The van der Waals surface area contributed by atoms with Crippen LogP contribution in [-0.4, -0.2) is 25.4 Å². The summed E-state index contributed by atoms with van der Waals surface area (Å²) in [7, 11) is 1.76. The standard InChI is InChI=1S/C22H26N2O2/c1-3-16(17-9-5-4-6-10-17)15-23-21(25)19-11-7-8-12-20(19)24(2)22(26)18-13-14-18/h4-12,16,18H,3,13-15H2,1-2H3,(H,23,25). The highest BCUT2D eigenvalue weighted by Crippen LogP contribution is 2.33. The zero-order valence-corrected chi connectivity index (χ0v) is 15.4. The van der Waals surface area contributed by atoms with E-state index in [-0.39, 0.29) is 23.7 Å². The van der Waals surface area contributed by atoms with Gasteiger partial charge in [0.2, 0.25) is 5.91 Å². The van der Waals surface area contributed by atoms with Crippen molar-refractivity contribution in [2.45, 2.75) is 32.1 Å². The van der Waals surface area contributed by atoms with Gasteiger partial charge >= 0.3 is 0 Å². The van der Waals surface area contributed by atoms with E-state index in [0.29, 0.717) is 17.8 Å². The Bertz CT molecular complexity index is 769. The van der Waals surface area contributed by atoms with E-state index in [1.54, 1.807) is 18.0 Å². The smallest absolute Gasteiger partial charge is 0.253 e. The number of carbonyl (C=O) groups excluding carboxylic acids is 2. The van der Waals surface area contributed by atoms with Crippen molar-refractivity contribution in [2.75, 3.05) is 18.5 Å². The second kappa shape index (κ2) is 8.17. The van der Waals surface area contributed by atoms with Gasteiger partial charge in [0.15, 0.2) is 0 Å². The molecule has 0 saturated heterocycles. The van der Waals surface area contributed by atoms with Crippen molar-refractivity contribution in [2.24, 2.45) is 5.92 Å². The molecule has 26 heavy (non-hydrogen) atoms. The number of anilines is 1. The minimum atomic E-state index is -0.134. The van der Waals surface area contributed by atoms with Gasteiger partial charge in [0.25, 0.3) is 5.91 Å². The minimum Gasteiger partial charge on any atom is -0.351 e. The lowest BCUT2D eigenvalue weighted by molar-refractivity contribution is -0.119. The number of hydrogen-bond acceptors (Lipinski definition) is 2. The zero-order chi connectivity index (χ0) is 18.5. The molecule has 0 bridgehead atoms. The highest BCUT2D eigenvalue weighted by Gasteiger charge is 2.33. The van der Waals surface area contributed by atoms with Gasteiger partial charge in [-0.25, -0.2) is 0 Å². The molecule has 0 heterocycles. The summed E-state index contributed by atoms with van der Waals surface area (Å²) in [6.07, 6.45) is 2.85. The van der Waals surface area contributed by atoms with Crippen molar-refractivity contribution in [1.82, 2.24) is 5.32 Å². The SMILES string of the molecule is CCC(CNC(=O)c1ccccc1N(C)C(=O)C1CC1)c1ccccc1. The molecule has 0 radical (unpaired) electrons. The molecule has 1 unspecified atom stereocenters. The lowest BCUT2D eigenvalue weighted by atomic mass is 9.96. The second-order valence-corrected chi connectivity index (χ2v) is 6.91. The van der Waals surface area contributed by atoms with Gasteiger partial charge in [0.05, 0.1) is 11.3 Å². The van der Waals surface area contributed by atoms with Crippen molar-refractivity contribution in [3.8, 4) is 0 Å². The maximum absolute atomic E-state index is 12.8. The van der Waals surface area contributed by atoms with Crippen molar-refractivity contribution >= 4 is 17.5 Å². The van der Waals surface area contributed by atoms with Crippen molar-refractivity contribution < 1.29 is 9.59 Å². The van der Waals surface area contributed by atoms with Crippen LogP contribution in [-0.2, 0) is 4.79 Å². The molecule has 2 aromatic rings. The summed E-state index contributed by atoms with van der Waals surface area (Å²) in [6.45, 7) is 2.70. The van der Waals surface area contributed by atoms with Crippen LogP contribution >= 0.6 is 0 Å². The first kappa shape index (κ1) is 18.2. The Balaban J connectivity index is 1.70. The molecule has 1 atom stereocenters. The van der Waals surface area contributed by atoms with Crippen LogP contribution in [0.2, 0.25) is 0 Å². The molecule has 1 fully saturated rings. The lowest BCUT2D eigenvalue weighted by Gasteiger charge is -2.21. The maximum Gasteiger partial charge on any atom is 0.253 e. The number of amides is 2. The first-order valence-electron chi connectivity index (χ1n) is 9.31. The summed E-state index contributed by atoms with van der Waals surface area (Å²) in [5.41, 5.74) is 2.45. The number of carbonyl (C=O) groups is 2. The van der Waals surface area contributed by atoms with Crippen LogP contribution in [0.25, 0.3) is 0 Å². The zero-order valence-electron chi connectivity index (χ0n) is 15.4. The predicted molar refractivity (Wildman–Crippen MR) is 104 cm³/mol. The number of hydrogen-bond donors (Lipinski definition) is 1. The average molecular weight is 350 g/mol. The quantitative estimate of drug-likeness (QED) is 0.821. The van der Waals surface area contributed by atoms with Crippen LogP contribution in [0.3, 0.4) is 0 Å². The third-order valence-electron chi connectivity index (χ3n) is 5.04. The fourth-order valence-electron chi connectivity index (χ4n) is 3.22. The summed E-state index contributed by atoms with van der Waals surface area (Å²) >= 11 is 0. The molecule has 1 N–H and O–H groups in total. The van der Waals surface area contributed by atoms with Crippen LogP contribution in [0.4, 0.5) is 5.69 Å². The molecule has 0 spiro atoms. The number of nitrogens with zero attached hydrogens (tertiary/aromatic N) is 1. The third-order valence-corrected chi connectivity index (χ3v) is 5.04. The van der Waals surface area contributed by atoms with Crippen molar-refractivity contribution in [3.63, 3.8) is 0 Å². The Kier molecular flexibility index (Phi) is 5.71. The lowest BCUT2D eigenvalue weighted by Crippen LogP contribution is -2.33. The first-order chi connectivity index (χ1) is 12.6. The largest absolute Gasteiger partial charge is 0.351 e. The molecule has 1 saturated carbocycles. The summed E-state index contributed by atoms with van der Waals surface area (Å²) < 4.78 is 0. The second-order valence-electron chi connectivity index (χ2n) is 6.91. The normalized spacial score (nSPS) is 14.5. The van der Waals surface area contributed by atoms with Gasteiger partial charge in [-0.3, -0.25) is 9.59 Å². The van der Waals surface area contributed by atoms with E-state index in [9.17, 15) is 9.59 Å². The summed E-state index contributed by atoms with van der Waals surface area (Å²) in [4.78, 5) is 26.8. The predicted octanol–water partition coefficient (Wildman–Crippen LogP) is 3.98. The summed E-state index contributed by atoms with van der Waals surface area (Å²) in [6, 6.07) is 17.5. The molecule has 0 aliphatic heterocycles. The van der Waals surface area contributed by atoms with Crippen molar-refractivity contribution in [1.29, 1.82) is 0 Å². The highest BCUT2D eigenvalue weighted by molar-refractivity contribution is 6.05. The summed E-state index contributed by atoms with van der Waals surface area (Å²) in [5.74, 6) is 0.364. The Morgan fingerprint density at radius 1 is 1.08 bits per heavy atom. The van der Waals surface area contributed by atoms with Crippen LogP contribution in [0.5, 0.6) is 0 Å². The molecule has 2 amide bonds. The van der Waals surface area contributed by atoms with Gasteiger partial charge in [-0.1, -0.05) is 49.4 Å². The first-order valence-corrected chi connectivity index (χ1v) is 9.31. The number of para-hydroxylation sites is 1. The number of nitrogens with one attached hydrogen (secondary N) is 1. The fraction of sp³-hybridized carbons (Fsp3) is 0.364. The molecule has 3 rings (SSSR count). The van der Waals surface area contributed by atoms with E-state index in [2.05, 4.69) is 24.4 Å². The molecule has 136 valence electrons. The third kappa shape index (κ3) is 4.13. The van der Waals surface area contributed by atoms with Gasteiger partial charge < -0.3 is 10.2 Å². The van der Waals surface area contributed by atoms with Crippen molar-refractivity contribution in [3.05, 3.63) is 65.7 Å². The Labute approximate surface area is 155 Å². The maximum atomic E-state index is 12.8. The monoisotopic (exact) mass is 350 g/mol. The molecule has 0 aromatic heterocycles. The number of benzene rings is 2.